The van der Waals surface area contributed by atoms with Gasteiger partial charge in [-0.1, -0.05) is 145 Å². The number of rotatable bonds is 6. The van der Waals surface area contributed by atoms with Crippen LogP contribution in [0.15, 0.2) is 72.8 Å². The molecular formula is C43H58N2O2. The maximum absolute atomic E-state index is 6.76. The molecule has 4 rings (SSSR count). The molecule has 4 N–H and O–H groups in total. The van der Waals surface area contributed by atoms with E-state index in [-0.39, 0.29) is 27.1 Å². The molecule has 0 bridgehead atoms. The van der Waals surface area contributed by atoms with Gasteiger partial charge < -0.3 is 20.9 Å². The van der Waals surface area contributed by atoms with E-state index < -0.39 is 0 Å². The molecule has 0 fully saturated rings. The van der Waals surface area contributed by atoms with Crippen LogP contribution in [0, 0.1) is 0 Å². The van der Waals surface area contributed by atoms with Crippen molar-refractivity contribution in [2.24, 2.45) is 0 Å². The maximum atomic E-state index is 6.76. The molecule has 0 heterocycles. The van der Waals surface area contributed by atoms with E-state index >= 15 is 0 Å². The first kappa shape index (κ1) is 35.9. The summed E-state index contributed by atoms with van der Waals surface area (Å²) in [4.78, 5) is 0. The molecule has 252 valence electrons. The van der Waals surface area contributed by atoms with Crippen LogP contribution in [0.1, 0.15) is 130 Å². The van der Waals surface area contributed by atoms with Crippen molar-refractivity contribution in [1.82, 2.24) is 0 Å². The Morgan fingerprint density at radius 2 is 0.660 bits per heavy atom. The van der Waals surface area contributed by atoms with E-state index in [0.717, 1.165) is 33.8 Å². The summed E-state index contributed by atoms with van der Waals surface area (Å²) in [5, 5.41) is 0. The van der Waals surface area contributed by atoms with Crippen LogP contribution in [-0.2, 0) is 27.1 Å². The lowest BCUT2D eigenvalue weighted by molar-refractivity contribution is 0.430. The normalized spacial score (nSPS) is 13.1. The number of nitrogens with two attached hydrogens (primary N) is 2. The van der Waals surface area contributed by atoms with E-state index in [4.69, 9.17) is 20.9 Å². The summed E-state index contributed by atoms with van der Waals surface area (Å²) < 4.78 is 13.5. The first-order chi connectivity index (χ1) is 21.4. The Hall–Kier alpha value is -3.92. The SMILES string of the molecule is CC(C)(C)c1cc(C(C)(C)c2cc(C(C)(C)C)c(Oc3ccccc3N)c(C(C)(C)C)c2)cc(C(C)(C)C)c1Oc1ccccc1N. The topological polar surface area (TPSA) is 70.5 Å². The van der Waals surface area contributed by atoms with Gasteiger partial charge in [0.2, 0.25) is 0 Å². The average Bonchev–Trinajstić information content (AvgIpc) is 2.93. The standard InChI is InChI=1S/C43H58N2O2/c1-39(2,3)29-23-27(24-30(40(4,5)6)37(29)46-35-21-17-15-19-33(35)44)43(13,14)28-25-31(41(7,8)9)38(32(26-28)42(10,11)12)47-36-22-18-16-20-34(36)45/h15-26H,44-45H2,1-14H3. The summed E-state index contributed by atoms with van der Waals surface area (Å²) in [6.45, 7) is 31.7. The summed E-state index contributed by atoms with van der Waals surface area (Å²) in [5.74, 6) is 3.12. The number of hydrogen-bond donors (Lipinski definition) is 2. The zero-order valence-corrected chi connectivity index (χ0v) is 31.4. The zero-order valence-electron chi connectivity index (χ0n) is 31.4. The van der Waals surface area contributed by atoms with E-state index in [1.807, 2.05) is 48.5 Å². The molecule has 0 radical (unpaired) electrons. The van der Waals surface area contributed by atoms with Crippen LogP contribution in [0.25, 0.3) is 0 Å². The fourth-order valence-corrected chi connectivity index (χ4v) is 5.96. The monoisotopic (exact) mass is 634 g/mol. The van der Waals surface area contributed by atoms with E-state index in [1.165, 1.54) is 11.1 Å². The van der Waals surface area contributed by atoms with Gasteiger partial charge in [-0.15, -0.1) is 0 Å². The Morgan fingerprint density at radius 3 is 0.894 bits per heavy atom. The molecule has 47 heavy (non-hydrogen) atoms. The second-order valence-electron chi connectivity index (χ2n) is 17.7. The molecule has 4 heteroatoms. The predicted molar refractivity (Wildman–Crippen MR) is 202 cm³/mol. The van der Waals surface area contributed by atoms with Gasteiger partial charge >= 0.3 is 0 Å². The average molecular weight is 635 g/mol. The number of ether oxygens (including phenoxy) is 2. The molecule has 0 aliphatic rings. The van der Waals surface area contributed by atoms with Crippen LogP contribution in [-0.4, -0.2) is 0 Å². The molecule has 0 aliphatic carbocycles. The second kappa shape index (κ2) is 12.3. The third-order valence-electron chi connectivity index (χ3n) is 9.12. The maximum Gasteiger partial charge on any atom is 0.150 e. The van der Waals surface area contributed by atoms with Crippen LogP contribution in [0.5, 0.6) is 23.0 Å². The van der Waals surface area contributed by atoms with Crippen LogP contribution in [0.4, 0.5) is 11.4 Å². The number of nitrogen functional groups attached to an aromatic ring is 2. The van der Waals surface area contributed by atoms with Crippen molar-refractivity contribution in [3.8, 4) is 23.0 Å². The molecule has 0 saturated heterocycles. The Kier molecular flexibility index (Phi) is 9.38. The van der Waals surface area contributed by atoms with Crippen molar-refractivity contribution in [2.45, 2.75) is 124 Å². The molecule has 0 spiro atoms. The minimum atomic E-state index is -0.353. The Labute approximate surface area is 284 Å². The number of hydrogen-bond acceptors (Lipinski definition) is 4. The smallest absolute Gasteiger partial charge is 0.150 e. The number of anilines is 2. The quantitative estimate of drug-likeness (QED) is 0.207. The second-order valence-corrected chi connectivity index (χ2v) is 17.7. The van der Waals surface area contributed by atoms with Crippen molar-refractivity contribution in [3.63, 3.8) is 0 Å². The zero-order chi connectivity index (χ0) is 35.3. The van der Waals surface area contributed by atoms with Crippen molar-refractivity contribution in [1.29, 1.82) is 0 Å². The van der Waals surface area contributed by atoms with Crippen LogP contribution < -0.4 is 20.9 Å². The Bertz CT molecular complexity index is 1550. The molecule has 0 aromatic heterocycles. The van der Waals surface area contributed by atoms with E-state index in [2.05, 4.69) is 121 Å². The fraction of sp³-hybridized carbons (Fsp3) is 0.442. The molecule has 4 aromatic carbocycles. The highest BCUT2D eigenvalue weighted by Gasteiger charge is 2.36. The molecular weight excluding hydrogens is 576 g/mol. The van der Waals surface area contributed by atoms with Crippen molar-refractivity contribution >= 4 is 11.4 Å². The molecule has 0 aliphatic heterocycles. The highest BCUT2D eigenvalue weighted by Crippen LogP contribution is 2.49. The largest absolute Gasteiger partial charge is 0.455 e. The lowest BCUT2D eigenvalue weighted by atomic mass is 9.69. The first-order valence-corrected chi connectivity index (χ1v) is 16.9. The van der Waals surface area contributed by atoms with E-state index in [0.29, 0.717) is 22.9 Å². The van der Waals surface area contributed by atoms with Gasteiger partial charge in [0.15, 0.2) is 0 Å². The molecule has 0 amide bonds. The lowest BCUT2D eigenvalue weighted by Gasteiger charge is -2.37. The van der Waals surface area contributed by atoms with Crippen molar-refractivity contribution in [2.75, 3.05) is 11.5 Å². The third-order valence-corrected chi connectivity index (χ3v) is 9.12. The number of para-hydroxylation sites is 4. The van der Waals surface area contributed by atoms with Crippen LogP contribution in [0.2, 0.25) is 0 Å². The summed E-state index contributed by atoms with van der Waals surface area (Å²) in [5.41, 5.74) is 20.0. The highest BCUT2D eigenvalue weighted by atomic mass is 16.5. The Balaban J connectivity index is 2.03. The van der Waals surface area contributed by atoms with Crippen LogP contribution >= 0.6 is 0 Å². The molecule has 0 unspecified atom stereocenters. The van der Waals surface area contributed by atoms with E-state index in [1.54, 1.807) is 0 Å². The summed E-state index contributed by atoms with van der Waals surface area (Å²) in [6, 6.07) is 24.9. The first-order valence-electron chi connectivity index (χ1n) is 16.9. The lowest BCUT2D eigenvalue weighted by Crippen LogP contribution is -2.27. The summed E-state index contributed by atoms with van der Waals surface area (Å²) in [7, 11) is 0. The van der Waals surface area contributed by atoms with Gasteiger partial charge in [-0.05, 0) is 57.1 Å². The third kappa shape index (κ3) is 7.64. The van der Waals surface area contributed by atoms with Crippen molar-refractivity contribution in [3.05, 3.63) is 106 Å². The van der Waals surface area contributed by atoms with Gasteiger partial charge in [0.25, 0.3) is 0 Å². The van der Waals surface area contributed by atoms with Gasteiger partial charge in [-0.25, -0.2) is 0 Å². The minimum Gasteiger partial charge on any atom is -0.455 e. The highest BCUT2D eigenvalue weighted by molar-refractivity contribution is 5.62. The molecule has 4 aromatic rings. The number of benzene rings is 4. The van der Waals surface area contributed by atoms with Gasteiger partial charge in [0.05, 0.1) is 11.4 Å². The molecule has 0 atom stereocenters. The fourth-order valence-electron chi connectivity index (χ4n) is 5.96. The van der Waals surface area contributed by atoms with E-state index in [9.17, 15) is 0 Å². The summed E-state index contributed by atoms with van der Waals surface area (Å²) >= 11 is 0. The molecule has 0 saturated carbocycles. The van der Waals surface area contributed by atoms with Crippen molar-refractivity contribution < 1.29 is 9.47 Å². The van der Waals surface area contributed by atoms with Gasteiger partial charge in [0, 0.05) is 27.7 Å². The van der Waals surface area contributed by atoms with Gasteiger partial charge in [-0.2, -0.15) is 0 Å². The van der Waals surface area contributed by atoms with Gasteiger partial charge in [0.1, 0.15) is 23.0 Å². The minimum absolute atomic E-state index is 0.189. The predicted octanol–water partition coefficient (Wildman–Crippen LogP) is 12.0. The molecule has 4 nitrogen and oxygen atoms in total. The van der Waals surface area contributed by atoms with Crippen LogP contribution in [0.3, 0.4) is 0 Å². The van der Waals surface area contributed by atoms with Gasteiger partial charge in [-0.3, -0.25) is 0 Å². The Morgan fingerprint density at radius 1 is 0.404 bits per heavy atom. The summed E-state index contributed by atoms with van der Waals surface area (Å²) in [6.07, 6.45) is 0.